The molecule has 5 heterocycles. The van der Waals surface area contributed by atoms with Gasteiger partial charge in [-0.3, -0.25) is 4.79 Å². The predicted octanol–water partition coefficient (Wildman–Crippen LogP) is 2.82. The fraction of sp³-hybridized carbons (Fsp3) is 0.500. The quantitative estimate of drug-likeness (QED) is 0.573. The molecule has 1 aliphatic carbocycles. The molecule has 2 unspecified atom stereocenters. The minimum absolute atomic E-state index is 0.133. The van der Waals surface area contributed by atoms with E-state index in [-0.39, 0.29) is 18.5 Å². The van der Waals surface area contributed by atoms with Crippen molar-refractivity contribution in [1.29, 1.82) is 0 Å². The highest BCUT2D eigenvalue weighted by Gasteiger charge is 2.64. The molecule has 3 aromatic heterocycles. The molecule has 0 aromatic carbocycles. The van der Waals surface area contributed by atoms with Crippen molar-refractivity contribution in [2.75, 3.05) is 18.0 Å². The summed E-state index contributed by atoms with van der Waals surface area (Å²) in [5.41, 5.74) is 1.90. The number of fused-ring (bicyclic) bond motifs is 3. The molecule has 2 bridgehead atoms. The normalized spacial score (nSPS) is 26.3. The van der Waals surface area contributed by atoms with Crippen LogP contribution in [0.25, 0.3) is 16.6 Å². The molecule has 1 amide bonds. The van der Waals surface area contributed by atoms with E-state index in [4.69, 9.17) is 0 Å². The van der Waals surface area contributed by atoms with Gasteiger partial charge < -0.3 is 9.80 Å². The lowest BCUT2D eigenvalue weighted by molar-refractivity contribution is -0.138. The smallest absolute Gasteiger partial charge is 0.333 e. The Labute approximate surface area is 179 Å². The molecule has 2 aliphatic heterocycles. The molecule has 1 saturated carbocycles. The summed E-state index contributed by atoms with van der Waals surface area (Å²) in [7, 11) is 0. The van der Waals surface area contributed by atoms with E-state index in [1.165, 1.54) is 18.7 Å². The zero-order chi connectivity index (χ0) is 22.2. The Morgan fingerprint density at radius 2 is 1.81 bits per heavy atom. The average molecular weight is 449 g/mol. The number of aromatic nitrogens is 5. The zero-order valence-corrected chi connectivity index (χ0v) is 16.8. The number of anilines is 1. The standard InChI is InChI=1S/C20H19F4N7O/c21-19(22)30-7-12(5-26-30)11-3-16-17(25-10-27-29(16)6-11)28-8-13-1-2-14(9-28)31(13)18(32)15-4-20(15,23)24/h3,5-7,10,13-15,19H,1-2,4,8-9H2/t13?,14?,15-/m0/s1. The van der Waals surface area contributed by atoms with E-state index < -0.39 is 24.3 Å². The third-order valence-corrected chi connectivity index (χ3v) is 6.68. The molecule has 2 saturated heterocycles. The summed E-state index contributed by atoms with van der Waals surface area (Å²) >= 11 is 0. The van der Waals surface area contributed by atoms with Crippen molar-refractivity contribution < 1.29 is 22.4 Å². The van der Waals surface area contributed by atoms with Gasteiger partial charge in [-0.05, 0) is 18.9 Å². The van der Waals surface area contributed by atoms with Crippen molar-refractivity contribution in [1.82, 2.24) is 29.3 Å². The number of alkyl halides is 4. The molecule has 3 fully saturated rings. The van der Waals surface area contributed by atoms with Crippen LogP contribution in [0.2, 0.25) is 0 Å². The number of hydrogen-bond donors (Lipinski definition) is 0. The van der Waals surface area contributed by atoms with E-state index >= 15 is 0 Å². The van der Waals surface area contributed by atoms with Gasteiger partial charge in [-0.2, -0.15) is 19.0 Å². The fourth-order valence-electron chi connectivity index (χ4n) is 5.01. The highest BCUT2D eigenvalue weighted by atomic mass is 19.3. The van der Waals surface area contributed by atoms with Crippen LogP contribution in [0, 0.1) is 5.92 Å². The molecule has 0 spiro atoms. The molecular formula is C20H19F4N7O. The minimum Gasteiger partial charge on any atom is -0.351 e. The molecule has 0 N–H and O–H groups in total. The number of amides is 1. The summed E-state index contributed by atoms with van der Waals surface area (Å²) in [5.74, 6) is -3.82. The maximum absolute atomic E-state index is 13.5. The van der Waals surface area contributed by atoms with Crippen LogP contribution in [0.1, 0.15) is 25.8 Å². The van der Waals surface area contributed by atoms with Crippen molar-refractivity contribution in [2.45, 2.75) is 43.8 Å². The maximum Gasteiger partial charge on any atom is 0.333 e. The SMILES string of the molecule is O=C([C@@H]1CC1(F)F)N1C2CCC1CN(c1ncnn3cc(-c4cnn(C(F)F)c4)cc13)C2. The number of halogens is 4. The highest BCUT2D eigenvalue weighted by molar-refractivity contribution is 5.84. The van der Waals surface area contributed by atoms with E-state index in [9.17, 15) is 22.4 Å². The first-order valence-corrected chi connectivity index (χ1v) is 10.4. The molecule has 12 heteroatoms. The number of hydrogen-bond acceptors (Lipinski definition) is 5. The molecule has 168 valence electrons. The first kappa shape index (κ1) is 19.5. The highest BCUT2D eigenvalue weighted by Crippen LogP contribution is 2.51. The van der Waals surface area contributed by atoms with Gasteiger partial charge in [0, 0.05) is 55.1 Å². The second-order valence-electron chi connectivity index (χ2n) is 8.68. The Kier molecular flexibility index (Phi) is 4.06. The van der Waals surface area contributed by atoms with Crippen LogP contribution < -0.4 is 4.90 Å². The summed E-state index contributed by atoms with van der Waals surface area (Å²) in [5, 5.41) is 7.90. The summed E-state index contributed by atoms with van der Waals surface area (Å²) in [6.45, 7) is -1.73. The van der Waals surface area contributed by atoms with Crippen molar-refractivity contribution in [3.63, 3.8) is 0 Å². The van der Waals surface area contributed by atoms with Crippen molar-refractivity contribution >= 4 is 17.2 Å². The number of carbonyl (C=O) groups excluding carboxylic acids is 1. The number of piperazine rings is 1. The molecular weight excluding hydrogens is 430 g/mol. The van der Waals surface area contributed by atoms with Crippen LogP contribution in [0.5, 0.6) is 0 Å². The fourth-order valence-corrected chi connectivity index (χ4v) is 5.01. The Balaban J connectivity index is 1.28. The Hall–Kier alpha value is -3.18. The van der Waals surface area contributed by atoms with Gasteiger partial charge in [0.05, 0.1) is 6.20 Å². The van der Waals surface area contributed by atoms with Gasteiger partial charge in [0.15, 0.2) is 5.82 Å². The average Bonchev–Trinajstić information content (AvgIpc) is 3.18. The first-order chi connectivity index (χ1) is 15.3. The van der Waals surface area contributed by atoms with Crippen LogP contribution in [0.3, 0.4) is 0 Å². The Bertz CT molecular complexity index is 1190. The molecule has 8 nitrogen and oxygen atoms in total. The number of carbonyl (C=O) groups is 1. The van der Waals surface area contributed by atoms with Crippen LogP contribution in [0.15, 0.2) is 31.0 Å². The van der Waals surface area contributed by atoms with Gasteiger partial charge in [-0.15, -0.1) is 0 Å². The lowest BCUT2D eigenvalue weighted by atomic mass is 10.1. The van der Waals surface area contributed by atoms with Gasteiger partial charge >= 0.3 is 6.55 Å². The van der Waals surface area contributed by atoms with Gasteiger partial charge in [0.1, 0.15) is 17.8 Å². The summed E-state index contributed by atoms with van der Waals surface area (Å²) in [6, 6.07) is 1.55. The van der Waals surface area contributed by atoms with E-state index in [1.54, 1.807) is 15.6 Å². The van der Waals surface area contributed by atoms with Gasteiger partial charge in [0.25, 0.3) is 5.92 Å². The number of nitrogens with zero attached hydrogens (tertiary/aromatic N) is 7. The van der Waals surface area contributed by atoms with Crippen LogP contribution in [-0.4, -0.2) is 66.3 Å². The summed E-state index contributed by atoms with van der Waals surface area (Å²) in [4.78, 5) is 20.8. The topological polar surface area (TPSA) is 71.6 Å². The lowest BCUT2D eigenvalue weighted by Crippen LogP contribution is -2.56. The van der Waals surface area contributed by atoms with Crippen LogP contribution >= 0.6 is 0 Å². The zero-order valence-electron chi connectivity index (χ0n) is 16.8. The minimum atomic E-state index is -2.87. The molecule has 6 rings (SSSR count). The van der Waals surface area contributed by atoms with E-state index in [2.05, 4.69) is 20.1 Å². The predicted molar refractivity (Wildman–Crippen MR) is 104 cm³/mol. The Morgan fingerprint density at radius 1 is 1.09 bits per heavy atom. The van der Waals surface area contributed by atoms with E-state index in [0.717, 1.165) is 12.8 Å². The molecule has 3 aromatic rings. The third-order valence-electron chi connectivity index (χ3n) is 6.68. The number of rotatable bonds is 4. The largest absolute Gasteiger partial charge is 0.351 e. The Morgan fingerprint density at radius 3 is 2.44 bits per heavy atom. The van der Waals surface area contributed by atoms with E-state index in [1.807, 2.05) is 6.07 Å². The molecule has 3 atom stereocenters. The van der Waals surface area contributed by atoms with Crippen molar-refractivity contribution in [2.24, 2.45) is 5.92 Å². The van der Waals surface area contributed by atoms with Gasteiger partial charge in [0.2, 0.25) is 5.91 Å². The van der Waals surface area contributed by atoms with Gasteiger partial charge in [-0.1, -0.05) is 0 Å². The summed E-state index contributed by atoms with van der Waals surface area (Å²) in [6.07, 6.45) is 6.96. The molecule has 32 heavy (non-hydrogen) atoms. The third kappa shape index (κ3) is 2.95. The van der Waals surface area contributed by atoms with E-state index in [0.29, 0.717) is 40.2 Å². The monoisotopic (exact) mass is 449 g/mol. The lowest BCUT2D eigenvalue weighted by Gasteiger charge is -2.41. The molecule has 3 aliphatic rings. The van der Waals surface area contributed by atoms with Crippen molar-refractivity contribution in [3.8, 4) is 11.1 Å². The van der Waals surface area contributed by atoms with Crippen molar-refractivity contribution in [3.05, 3.63) is 31.0 Å². The second kappa shape index (κ2) is 6.66. The summed E-state index contributed by atoms with van der Waals surface area (Å²) < 4.78 is 54.9. The second-order valence-corrected chi connectivity index (χ2v) is 8.68. The first-order valence-electron chi connectivity index (χ1n) is 10.4. The molecule has 0 radical (unpaired) electrons. The van der Waals surface area contributed by atoms with Crippen LogP contribution in [0.4, 0.5) is 23.4 Å². The van der Waals surface area contributed by atoms with Crippen LogP contribution in [-0.2, 0) is 4.79 Å². The maximum atomic E-state index is 13.5. The van der Waals surface area contributed by atoms with Gasteiger partial charge in [-0.25, -0.2) is 23.0 Å².